The minimum Gasteiger partial charge on any atom is -0.307 e. The highest BCUT2D eigenvalue weighted by Crippen LogP contribution is 2.31. The number of fused-ring (bicyclic) bond motifs is 1. The average molecular weight is 336 g/mol. The molecule has 2 heterocycles. The molecule has 0 saturated carbocycles. The normalized spacial score (nSPS) is 13.4. The van der Waals surface area contributed by atoms with E-state index in [2.05, 4.69) is 15.1 Å². The highest BCUT2D eigenvalue weighted by molar-refractivity contribution is 5.50. The van der Waals surface area contributed by atoms with Crippen molar-refractivity contribution in [1.82, 2.24) is 19.6 Å². The van der Waals surface area contributed by atoms with Crippen molar-refractivity contribution in [3.05, 3.63) is 63.1 Å². The van der Waals surface area contributed by atoms with Gasteiger partial charge < -0.3 is 4.98 Å². The van der Waals surface area contributed by atoms with Gasteiger partial charge in [0.15, 0.2) is 5.52 Å². The lowest BCUT2D eigenvalue weighted by atomic mass is 9.99. The maximum atomic E-state index is 12.7. The molecule has 0 radical (unpaired) electrons. The third kappa shape index (κ3) is 2.68. The quantitative estimate of drug-likeness (QED) is 0.782. The van der Waals surface area contributed by atoms with Gasteiger partial charge in [-0.25, -0.2) is 9.50 Å². The van der Waals surface area contributed by atoms with Crippen LogP contribution >= 0.6 is 0 Å². The zero-order chi connectivity index (χ0) is 17.6. The molecule has 1 unspecified atom stereocenters. The second-order valence-corrected chi connectivity index (χ2v) is 5.70. The molecule has 3 rings (SSSR count). The summed E-state index contributed by atoms with van der Waals surface area (Å²) in [6.45, 7) is 5.17. The molecule has 1 aromatic carbocycles. The monoisotopic (exact) mass is 336 g/mol. The summed E-state index contributed by atoms with van der Waals surface area (Å²) < 4.78 is 39.5. The maximum Gasteiger partial charge on any atom is 0.416 e. The van der Waals surface area contributed by atoms with Crippen LogP contribution in [0.1, 0.15) is 41.3 Å². The summed E-state index contributed by atoms with van der Waals surface area (Å²) in [6.07, 6.45) is -4.37. The number of halogens is 3. The topological polar surface area (TPSA) is 63.1 Å². The molecule has 0 bridgehead atoms. The first kappa shape index (κ1) is 16.2. The number of aryl methyl sites for hydroxylation is 2. The SMILES string of the molecule is Cc1nn2c(C(C)c3ccc(C(F)(F)F)cc3)nc(C)c2c(=O)[nH]1. The van der Waals surface area contributed by atoms with Gasteiger partial charge in [0.2, 0.25) is 0 Å². The van der Waals surface area contributed by atoms with Crippen molar-refractivity contribution in [2.75, 3.05) is 0 Å². The van der Waals surface area contributed by atoms with E-state index in [1.54, 1.807) is 13.8 Å². The highest BCUT2D eigenvalue weighted by Gasteiger charge is 2.30. The summed E-state index contributed by atoms with van der Waals surface area (Å²) in [5.74, 6) is 0.629. The van der Waals surface area contributed by atoms with Crippen LogP contribution in [0.4, 0.5) is 13.2 Å². The Morgan fingerprint density at radius 2 is 1.79 bits per heavy atom. The van der Waals surface area contributed by atoms with E-state index in [-0.39, 0.29) is 11.5 Å². The van der Waals surface area contributed by atoms with E-state index < -0.39 is 11.7 Å². The predicted molar refractivity (Wildman–Crippen MR) is 82.0 cm³/mol. The second kappa shape index (κ2) is 5.47. The third-order valence-electron chi connectivity index (χ3n) is 3.94. The number of aromatic nitrogens is 4. The van der Waals surface area contributed by atoms with Crippen molar-refractivity contribution in [3.63, 3.8) is 0 Å². The van der Waals surface area contributed by atoms with Crippen LogP contribution in [0.25, 0.3) is 5.52 Å². The molecule has 24 heavy (non-hydrogen) atoms. The van der Waals surface area contributed by atoms with Crippen LogP contribution in [0, 0.1) is 13.8 Å². The Kier molecular flexibility index (Phi) is 3.70. The van der Waals surface area contributed by atoms with Gasteiger partial charge in [-0.1, -0.05) is 19.1 Å². The van der Waals surface area contributed by atoms with E-state index >= 15 is 0 Å². The Morgan fingerprint density at radius 1 is 1.17 bits per heavy atom. The van der Waals surface area contributed by atoms with Crippen molar-refractivity contribution in [2.24, 2.45) is 0 Å². The van der Waals surface area contributed by atoms with E-state index in [0.29, 0.717) is 28.4 Å². The Morgan fingerprint density at radius 3 is 2.38 bits per heavy atom. The van der Waals surface area contributed by atoms with Crippen LogP contribution in [0.2, 0.25) is 0 Å². The zero-order valence-electron chi connectivity index (χ0n) is 13.3. The largest absolute Gasteiger partial charge is 0.416 e. The Hall–Kier alpha value is -2.64. The van der Waals surface area contributed by atoms with E-state index in [0.717, 1.165) is 12.1 Å². The number of rotatable bonds is 2. The van der Waals surface area contributed by atoms with Gasteiger partial charge in [0, 0.05) is 5.92 Å². The van der Waals surface area contributed by atoms with Crippen LogP contribution in [0.15, 0.2) is 29.1 Å². The van der Waals surface area contributed by atoms with Crippen LogP contribution in [-0.2, 0) is 6.18 Å². The predicted octanol–water partition coefficient (Wildman–Crippen LogP) is 3.21. The van der Waals surface area contributed by atoms with Gasteiger partial charge >= 0.3 is 6.18 Å². The highest BCUT2D eigenvalue weighted by atomic mass is 19.4. The molecule has 0 amide bonds. The molecule has 0 aliphatic rings. The molecule has 0 saturated heterocycles. The Labute approximate surface area is 135 Å². The summed E-state index contributed by atoms with van der Waals surface area (Å²) in [7, 11) is 0. The molecular formula is C16H15F3N4O. The second-order valence-electron chi connectivity index (χ2n) is 5.70. The zero-order valence-corrected chi connectivity index (χ0v) is 13.3. The number of nitrogens with one attached hydrogen (secondary N) is 1. The van der Waals surface area contributed by atoms with E-state index in [1.165, 1.54) is 16.6 Å². The number of nitrogens with zero attached hydrogens (tertiary/aromatic N) is 3. The lowest BCUT2D eigenvalue weighted by molar-refractivity contribution is -0.137. The van der Waals surface area contributed by atoms with Gasteiger partial charge in [0.05, 0.1) is 11.3 Å². The van der Waals surface area contributed by atoms with Crippen molar-refractivity contribution in [2.45, 2.75) is 32.9 Å². The minimum absolute atomic E-state index is 0.293. The molecule has 1 N–H and O–H groups in total. The summed E-state index contributed by atoms with van der Waals surface area (Å²) in [4.78, 5) is 19.1. The van der Waals surface area contributed by atoms with Crippen molar-refractivity contribution >= 4 is 5.52 Å². The van der Waals surface area contributed by atoms with Gasteiger partial charge in [0.25, 0.3) is 5.56 Å². The number of imidazole rings is 1. The number of alkyl halides is 3. The Balaban J connectivity index is 2.09. The van der Waals surface area contributed by atoms with Crippen molar-refractivity contribution in [3.8, 4) is 0 Å². The molecule has 1 atom stereocenters. The summed E-state index contributed by atoms with van der Waals surface area (Å²) in [6, 6.07) is 4.92. The third-order valence-corrected chi connectivity index (χ3v) is 3.94. The lowest BCUT2D eigenvalue weighted by Crippen LogP contribution is -2.16. The summed E-state index contributed by atoms with van der Waals surface area (Å²) in [5, 5.41) is 4.28. The molecule has 0 fully saturated rings. The van der Waals surface area contributed by atoms with Gasteiger partial charge in [0.1, 0.15) is 11.6 Å². The average Bonchev–Trinajstić information content (AvgIpc) is 2.82. The van der Waals surface area contributed by atoms with Crippen molar-refractivity contribution in [1.29, 1.82) is 0 Å². The van der Waals surface area contributed by atoms with Crippen LogP contribution in [0.3, 0.4) is 0 Å². The molecular weight excluding hydrogens is 321 g/mol. The molecule has 2 aromatic heterocycles. The number of hydrogen-bond acceptors (Lipinski definition) is 3. The molecule has 126 valence electrons. The number of benzene rings is 1. The number of aromatic amines is 1. The maximum absolute atomic E-state index is 12.7. The fourth-order valence-electron chi connectivity index (χ4n) is 2.69. The minimum atomic E-state index is -4.37. The van der Waals surface area contributed by atoms with Crippen LogP contribution in [-0.4, -0.2) is 19.6 Å². The van der Waals surface area contributed by atoms with Crippen molar-refractivity contribution < 1.29 is 13.2 Å². The van der Waals surface area contributed by atoms with Gasteiger partial charge in [-0.15, -0.1) is 0 Å². The molecule has 3 aromatic rings. The molecule has 0 aliphatic carbocycles. The first-order chi connectivity index (χ1) is 11.2. The molecule has 5 nitrogen and oxygen atoms in total. The fourth-order valence-corrected chi connectivity index (χ4v) is 2.69. The smallest absolute Gasteiger partial charge is 0.307 e. The number of H-pyrrole nitrogens is 1. The van der Waals surface area contributed by atoms with Crippen LogP contribution < -0.4 is 5.56 Å². The first-order valence-electron chi connectivity index (χ1n) is 7.32. The molecule has 0 aliphatic heterocycles. The van der Waals surface area contributed by atoms with Gasteiger partial charge in [-0.2, -0.15) is 18.3 Å². The first-order valence-corrected chi connectivity index (χ1v) is 7.32. The summed E-state index contributed by atoms with van der Waals surface area (Å²) in [5.41, 5.74) is 0.535. The molecule has 0 spiro atoms. The van der Waals surface area contributed by atoms with E-state index in [1.807, 2.05) is 6.92 Å². The van der Waals surface area contributed by atoms with Gasteiger partial charge in [-0.3, -0.25) is 4.79 Å². The molecule has 8 heteroatoms. The van der Waals surface area contributed by atoms with E-state index in [4.69, 9.17) is 0 Å². The fraction of sp³-hybridized carbons (Fsp3) is 0.312. The Bertz CT molecular complexity index is 954. The van der Waals surface area contributed by atoms with Gasteiger partial charge in [-0.05, 0) is 31.5 Å². The van der Waals surface area contributed by atoms with E-state index in [9.17, 15) is 18.0 Å². The standard InChI is InChI=1S/C16H15F3N4O/c1-8(11-4-6-12(7-5-11)16(17,18)19)14-20-9(2)13-15(24)21-10(3)22-23(13)14/h4-8H,1-3H3,(H,21,22,24). The lowest BCUT2D eigenvalue weighted by Gasteiger charge is -2.12. The van der Waals surface area contributed by atoms with Crippen LogP contribution in [0.5, 0.6) is 0 Å². The number of hydrogen-bond donors (Lipinski definition) is 1. The summed E-state index contributed by atoms with van der Waals surface area (Å²) >= 11 is 0.